The molecule has 4 aromatic rings. The van der Waals surface area contributed by atoms with E-state index >= 15 is 0 Å². The number of nitrogens with zero attached hydrogens (tertiary/aromatic N) is 5. The summed E-state index contributed by atoms with van der Waals surface area (Å²) in [5, 5.41) is 17.3. The molecule has 0 fully saturated rings. The lowest BCUT2D eigenvalue weighted by Gasteiger charge is -2.22. The first-order valence-electron chi connectivity index (χ1n) is 11.7. The second-order valence-electron chi connectivity index (χ2n) is 9.71. The first kappa shape index (κ1) is 24.2. The number of aromatic nitrogens is 4. The Bertz CT molecular complexity index is 1500. The lowest BCUT2D eigenvalue weighted by molar-refractivity contribution is 0.0517. The highest BCUT2D eigenvalue weighted by atomic mass is 16.3. The molecule has 37 heavy (non-hydrogen) atoms. The number of fused-ring (bicyclic) bond motifs is 1. The molecule has 0 atom stereocenters. The van der Waals surface area contributed by atoms with Crippen molar-refractivity contribution in [3.8, 4) is 22.6 Å². The van der Waals surface area contributed by atoms with Crippen LogP contribution in [0.4, 0.5) is 11.5 Å². The summed E-state index contributed by atoms with van der Waals surface area (Å²) in [5.74, 6) is -0.0220. The van der Waals surface area contributed by atoms with E-state index in [1.807, 2.05) is 12.3 Å². The number of anilines is 2. The zero-order chi connectivity index (χ0) is 26.3. The molecule has 1 aliphatic rings. The number of nitrogens with one attached hydrogen (secondary N) is 1. The maximum absolute atomic E-state index is 13.2. The van der Waals surface area contributed by atoms with Gasteiger partial charge in [0.15, 0.2) is 5.69 Å². The van der Waals surface area contributed by atoms with Crippen molar-refractivity contribution in [1.82, 2.24) is 24.6 Å². The molecule has 5 rings (SSSR count). The van der Waals surface area contributed by atoms with Gasteiger partial charge in [-0.2, -0.15) is 5.10 Å². The van der Waals surface area contributed by atoms with Crippen LogP contribution < -0.4 is 11.1 Å². The number of aryl methyl sites for hydroxylation is 1. The SMILES string of the molecule is Cn1cc(-c2cc3c(cc2NC(=O)c2coc(-c4ccnc(N)c4)n2)CN(CCC(C)(C)O)C3=O)cn1. The summed E-state index contributed by atoms with van der Waals surface area (Å²) in [6.45, 7) is 4.24. The van der Waals surface area contributed by atoms with E-state index < -0.39 is 11.5 Å². The summed E-state index contributed by atoms with van der Waals surface area (Å²) >= 11 is 0. The third kappa shape index (κ3) is 5.07. The maximum Gasteiger partial charge on any atom is 0.277 e. The number of nitrogens with two attached hydrogens (primary N) is 1. The molecule has 1 aromatic carbocycles. The van der Waals surface area contributed by atoms with E-state index in [-0.39, 0.29) is 17.5 Å². The number of carbonyl (C=O) groups excluding carboxylic acids is 2. The van der Waals surface area contributed by atoms with Crippen LogP contribution in [0.5, 0.6) is 0 Å². The molecule has 0 unspecified atom stereocenters. The van der Waals surface area contributed by atoms with Gasteiger partial charge in [0, 0.05) is 60.5 Å². The third-order valence-corrected chi connectivity index (χ3v) is 6.14. The average Bonchev–Trinajstić information content (AvgIpc) is 3.56. The molecule has 1 aliphatic heterocycles. The number of pyridine rings is 1. The highest BCUT2D eigenvalue weighted by Crippen LogP contribution is 2.35. The van der Waals surface area contributed by atoms with Crippen molar-refractivity contribution in [3.63, 3.8) is 0 Å². The van der Waals surface area contributed by atoms with Gasteiger partial charge >= 0.3 is 0 Å². The summed E-state index contributed by atoms with van der Waals surface area (Å²) in [7, 11) is 1.79. The van der Waals surface area contributed by atoms with E-state index in [2.05, 4.69) is 20.4 Å². The molecular weight excluding hydrogens is 474 g/mol. The van der Waals surface area contributed by atoms with Gasteiger partial charge in [-0.15, -0.1) is 0 Å². The molecule has 0 saturated heterocycles. The summed E-state index contributed by atoms with van der Waals surface area (Å²) in [6.07, 6.45) is 6.74. The van der Waals surface area contributed by atoms with Gasteiger partial charge in [-0.25, -0.2) is 9.97 Å². The van der Waals surface area contributed by atoms with Crippen LogP contribution in [0.1, 0.15) is 46.7 Å². The number of carbonyl (C=O) groups is 2. The Morgan fingerprint density at radius 1 is 1.24 bits per heavy atom. The molecule has 2 amide bonds. The van der Waals surface area contributed by atoms with Crippen LogP contribution in [0.25, 0.3) is 22.6 Å². The fraction of sp³-hybridized carbons (Fsp3) is 0.269. The van der Waals surface area contributed by atoms with Gasteiger partial charge in [0.25, 0.3) is 11.8 Å². The molecule has 0 saturated carbocycles. The van der Waals surface area contributed by atoms with E-state index in [9.17, 15) is 14.7 Å². The number of aliphatic hydroxyl groups is 1. The summed E-state index contributed by atoms with van der Waals surface area (Å²) in [6, 6.07) is 6.88. The predicted octanol–water partition coefficient (Wildman–Crippen LogP) is 3.09. The van der Waals surface area contributed by atoms with Crippen molar-refractivity contribution >= 4 is 23.3 Å². The first-order valence-corrected chi connectivity index (χ1v) is 11.7. The van der Waals surface area contributed by atoms with Gasteiger partial charge in [-0.05, 0) is 50.1 Å². The Hall–Kier alpha value is -4.51. The molecule has 3 aromatic heterocycles. The van der Waals surface area contributed by atoms with Crippen LogP contribution in [0.15, 0.2) is 53.5 Å². The second kappa shape index (κ2) is 9.17. The van der Waals surface area contributed by atoms with Crippen molar-refractivity contribution in [3.05, 3.63) is 65.9 Å². The van der Waals surface area contributed by atoms with E-state index in [0.29, 0.717) is 47.7 Å². The third-order valence-electron chi connectivity index (χ3n) is 6.14. The van der Waals surface area contributed by atoms with Crippen molar-refractivity contribution in [1.29, 1.82) is 0 Å². The Kier molecular flexibility index (Phi) is 6.00. The normalized spacial score (nSPS) is 13.2. The van der Waals surface area contributed by atoms with Gasteiger partial charge < -0.3 is 25.5 Å². The molecule has 11 nitrogen and oxygen atoms in total. The monoisotopic (exact) mass is 501 g/mol. The number of rotatable bonds is 7. The molecule has 0 aliphatic carbocycles. The van der Waals surface area contributed by atoms with Crippen LogP contribution in [0, 0.1) is 0 Å². The number of hydrogen-bond acceptors (Lipinski definition) is 8. The highest BCUT2D eigenvalue weighted by Gasteiger charge is 2.30. The zero-order valence-electron chi connectivity index (χ0n) is 20.7. The predicted molar refractivity (Wildman–Crippen MR) is 136 cm³/mol. The van der Waals surface area contributed by atoms with Crippen molar-refractivity contribution in [2.24, 2.45) is 7.05 Å². The Morgan fingerprint density at radius 2 is 2.05 bits per heavy atom. The standard InChI is InChI=1S/C26H27N7O4/c1-26(2,36)5-7-33-13-16-8-20(18(10-19(16)25(33)35)17-11-29-32(3)12-17)30-23(34)21-14-37-24(31-21)15-4-6-28-22(27)9-15/h4,6,8-12,14,36H,5,7,13H2,1-3H3,(H2,27,28)(H,30,34). The van der Waals surface area contributed by atoms with E-state index in [1.165, 1.54) is 12.5 Å². The summed E-state index contributed by atoms with van der Waals surface area (Å²) in [4.78, 5) is 36.2. The van der Waals surface area contributed by atoms with Gasteiger partial charge in [0.1, 0.15) is 12.1 Å². The summed E-state index contributed by atoms with van der Waals surface area (Å²) < 4.78 is 7.15. The van der Waals surface area contributed by atoms with Crippen LogP contribution in [0.2, 0.25) is 0 Å². The van der Waals surface area contributed by atoms with Gasteiger partial charge in [-0.3, -0.25) is 14.3 Å². The van der Waals surface area contributed by atoms with Crippen LogP contribution in [0.3, 0.4) is 0 Å². The van der Waals surface area contributed by atoms with E-state index in [0.717, 1.165) is 11.1 Å². The molecule has 4 heterocycles. The fourth-order valence-corrected chi connectivity index (χ4v) is 4.19. The van der Waals surface area contributed by atoms with Crippen LogP contribution in [-0.2, 0) is 13.6 Å². The maximum atomic E-state index is 13.2. The van der Waals surface area contributed by atoms with Crippen LogP contribution in [-0.4, -0.2) is 53.7 Å². The van der Waals surface area contributed by atoms with E-state index in [4.69, 9.17) is 10.2 Å². The minimum Gasteiger partial charge on any atom is -0.444 e. The number of oxazole rings is 1. The van der Waals surface area contributed by atoms with Crippen molar-refractivity contribution in [2.75, 3.05) is 17.6 Å². The molecule has 0 bridgehead atoms. The molecule has 190 valence electrons. The molecule has 0 spiro atoms. The number of nitrogen functional groups attached to an aromatic ring is 1. The van der Waals surface area contributed by atoms with Crippen molar-refractivity contribution in [2.45, 2.75) is 32.4 Å². The fourth-order valence-electron chi connectivity index (χ4n) is 4.19. The zero-order valence-corrected chi connectivity index (χ0v) is 20.7. The van der Waals surface area contributed by atoms with Gasteiger partial charge in [0.05, 0.1) is 11.8 Å². The minimum absolute atomic E-state index is 0.0888. The average molecular weight is 502 g/mol. The Morgan fingerprint density at radius 3 is 2.76 bits per heavy atom. The molecule has 0 radical (unpaired) electrons. The quantitative estimate of drug-likeness (QED) is 0.349. The lowest BCUT2D eigenvalue weighted by atomic mass is 10.00. The second-order valence-corrected chi connectivity index (χ2v) is 9.71. The van der Waals surface area contributed by atoms with Crippen molar-refractivity contribution < 1.29 is 19.1 Å². The largest absolute Gasteiger partial charge is 0.444 e. The minimum atomic E-state index is -0.881. The van der Waals surface area contributed by atoms with E-state index in [1.54, 1.807) is 54.9 Å². The molecule has 4 N–H and O–H groups in total. The topological polar surface area (TPSA) is 152 Å². The smallest absolute Gasteiger partial charge is 0.277 e. The lowest BCUT2D eigenvalue weighted by Crippen LogP contribution is -2.31. The Labute approximate surface area is 212 Å². The van der Waals surface area contributed by atoms with Crippen LogP contribution >= 0.6 is 0 Å². The molecule has 11 heteroatoms. The number of amides is 2. The van der Waals surface area contributed by atoms with Gasteiger partial charge in [0.2, 0.25) is 5.89 Å². The molecular formula is C26H27N7O4. The number of benzene rings is 1. The first-order chi connectivity index (χ1) is 17.6. The van der Waals surface area contributed by atoms with Gasteiger partial charge in [-0.1, -0.05) is 0 Å². The summed E-state index contributed by atoms with van der Waals surface area (Å²) in [5.41, 5.74) is 8.82. The highest BCUT2D eigenvalue weighted by molar-refractivity contribution is 6.07. The Balaban J connectivity index is 1.45. The number of hydrogen-bond donors (Lipinski definition) is 3.